The van der Waals surface area contributed by atoms with E-state index in [1.54, 1.807) is 31.2 Å². The van der Waals surface area contributed by atoms with Crippen LogP contribution in [0.15, 0.2) is 48.5 Å². The molecule has 2 aromatic carbocycles. The second-order valence-corrected chi connectivity index (χ2v) is 6.16. The third-order valence-corrected chi connectivity index (χ3v) is 4.34. The molecule has 1 saturated carbocycles. The average molecular weight is 326 g/mol. The van der Waals surface area contributed by atoms with Crippen LogP contribution in [-0.4, -0.2) is 36.2 Å². The summed E-state index contributed by atoms with van der Waals surface area (Å²) in [6.07, 6.45) is 0.930. The fourth-order valence-corrected chi connectivity index (χ4v) is 2.89. The Labute approximate surface area is 141 Å². The van der Waals surface area contributed by atoms with Crippen LogP contribution in [0.25, 0.3) is 0 Å². The SMILES string of the molecule is COc1ccccc1[C@H]1C[C@@H]1NC(=O)N(C)Cc1ccc(O)cc1. The molecule has 0 radical (unpaired) electrons. The number of amides is 2. The molecule has 2 aromatic rings. The van der Waals surface area contributed by atoms with E-state index in [9.17, 15) is 9.90 Å². The number of carbonyl (C=O) groups is 1. The molecular weight excluding hydrogens is 304 g/mol. The van der Waals surface area contributed by atoms with Crippen LogP contribution in [0.4, 0.5) is 4.79 Å². The highest BCUT2D eigenvalue weighted by atomic mass is 16.5. The molecule has 126 valence electrons. The quantitative estimate of drug-likeness (QED) is 0.887. The van der Waals surface area contributed by atoms with E-state index in [2.05, 4.69) is 11.4 Å². The van der Waals surface area contributed by atoms with Gasteiger partial charge in [0.15, 0.2) is 0 Å². The summed E-state index contributed by atoms with van der Waals surface area (Å²) >= 11 is 0. The summed E-state index contributed by atoms with van der Waals surface area (Å²) in [5, 5.41) is 12.4. The molecule has 0 unspecified atom stereocenters. The Hall–Kier alpha value is -2.69. The third kappa shape index (κ3) is 3.62. The van der Waals surface area contributed by atoms with Gasteiger partial charge in [0.25, 0.3) is 0 Å². The number of benzene rings is 2. The molecule has 0 spiro atoms. The molecule has 24 heavy (non-hydrogen) atoms. The van der Waals surface area contributed by atoms with Gasteiger partial charge < -0.3 is 20.1 Å². The third-order valence-electron chi connectivity index (χ3n) is 4.34. The Bertz CT molecular complexity index is 715. The second kappa shape index (κ2) is 6.83. The molecule has 1 aliphatic carbocycles. The maximum Gasteiger partial charge on any atom is 0.317 e. The number of carbonyl (C=O) groups excluding carboxylic acids is 1. The van der Waals surface area contributed by atoms with Crippen molar-refractivity contribution in [2.75, 3.05) is 14.2 Å². The topological polar surface area (TPSA) is 61.8 Å². The summed E-state index contributed by atoms with van der Waals surface area (Å²) in [5.74, 6) is 1.41. The zero-order valence-corrected chi connectivity index (χ0v) is 13.9. The zero-order chi connectivity index (χ0) is 17.1. The lowest BCUT2D eigenvalue weighted by atomic mass is 10.1. The van der Waals surface area contributed by atoms with Crippen LogP contribution >= 0.6 is 0 Å². The molecule has 0 aliphatic heterocycles. The van der Waals surface area contributed by atoms with Gasteiger partial charge in [-0.2, -0.15) is 0 Å². The highest BCUT2D eigenvalue weighted by Gasteiger charge is 2.41. The Balaban J connectivity index is 1.55. The maximum absolute atomic E-state index is 12.3. The molecule has 0 bridgehead atoms. The first kappa shape index (κ1) is 16.2. The van der Waals surface area contributed by atoms with Gasteiger partial charge in [0.1, 0.15) is 11.5 Å². The smallest absolute Gasteiger partial charge is 0.317 e. The maximum atomic E-state index is 12.3. The van der Waals surface area contributed by atoms with Crippen molar-refractivity contribution in [1.29, 1.82) is 0 Å². The molecule has 1 aliphatic rings. The van der Waals surface area contributed by atoms with E-state index in [0.29, 0.717) is 12.5 Å². The van der Waals surface area contributed by atoms with Gasteiger partial charge in [0, 0.05) is 25.6 Å². The number of phenolic OH excluding ortho intramolecular Hbond substituents is 1. The molecule has 0 aromatic heterocycles. The van der Waals surface area contributed by atoms with Crippen molar-refractivity contribution >= 4 is 6.03 Å². The van der Waals surface area contributed by atoms with E-state index in [1.807, 2.05) is 30.3 Å². The van der Waals surface area contributed by atoms with Gasteiger partial charge in [-0.15, -0.1) is 0 Å². The highest BCUT2D eigenvalue weighted by Crippen LogP contribution is 2.44. The molecule has 0 saturated heterocycles. The number of nitrogens with one attached hydrogen (secondary N) is 1. The predicted octanol–water partition coefficient (Wildman–Crippen LogP) is 3.10. The van der Waals surface area contributed by atoms with Crippen molar-refractivity contribution < 1.29 is 14.6 Å². The summed E-state index contributed by atoms with van der Waals surface area (Å²) in [6, 6.07) is 14.9. The Kier molecular flexibility index (Phi) is 4.60. The lowest BCUT2D eigenvalue weighted by molar-refractivity contribution is 0.206. The van der Waals surface area contributed by atoms with Crippen LogP contribution in [0.5, 0.6) is 11.5 Å². The number of hydrogen-bond acceptors (Lipinski definition) is 3. The van der Waals surface area contributed by atoms with Crippen molar-refractivity contribution in [1.82, 2.24) is 10.2 Å². The van der Waals surface area contributed by atoms with Crippen molar-refractivity contribution in [3.63, 3.8) is 0 Å². The van der Waals surface area contributed by atoms with Crippen molar-refractivity contribution in [2.45, 2.75) is 24.9 Å². The molecule has 5 heteroatoms. The fraction of sp³-hybridized carbons (Fsp3) is 0.316. The molecule has 3 rings (SSSR count). The molecule has 2 N–H and O–H groups in total. The van der Waals surface area contributed by atoms with Crippen LogP contribution in [0.1, 0.15) is 23.5 Å². The summed E-state index contributed by atoms with van der Waals surface area (Å²) in [7, 11) is 3.43. The second-order valence-electron chi connectivity index (χ2n) is 6.16. The summed E-state index contributed by atoms with van der Waals surface area (Å²) in [5.41, 5.74) is 2.12. The van der Waals surface area contributed by atoms with E-state index in [4.69, 9.17) is 4.74 Å². The van der Waals surface area contributed by atoms with Crippen LogP contribution in [-0.2, 0) is 6.54 Å². The first-order chi connectivity index (χ1) is 11.6. The number of hydrogen-bond donors (Lipinski definition) is 2. The van der Waals surface area contributed by atoms with Crippen molar-refractivity contribution in [3.8, 4) is 11.5 Å². The fourth-order valence-electron chi connectivity index (χ4n) is 2.89. The van der Waals surface area contributed by atoms with Gasteiger partial charge in [-0.3, -0.25) is 0 Å². The largest absolute Gasteiger partial charge is 0.508 e. The Morgan fingerprint density at radius 2 is 1.96 bits per heavy atom. The van der Waals surface area contributed by atoms with Gasteiger partial charge in [-0.25, -0.2) is 4.79 Å². The summed E-state index contributed by atoms with van der Waals surface area (Å²) in [4.78, 5) is 14.0. The first-order valence-electron chi connectivity index (χ1n) is 8.01. The standard InChI is InChI=1S/C19H22N2O3/c1-21(12-13-7-9-14(22)10-8-13)19(23)20-17-11-16(17)15-5-3-4-6-18(15)24-2/h3-10,16-17,22H,11-12H2,1-2H3,(H,20,23)/t16-,17+/m1/s1. The number of ether oxygens (including phenoxy) is 1. The molecular formula is C19H22N2O3. The van der Waals surface area contributed by atoms with Gasteiger partial charge in [-0.05, 0) is 35.7 Å². The van der Waals surface area contributed by atoms with E-state index < -0.39 is 0 Å². The van der Waals surface area contributed by atoms with Crippen LogP contribution in [0.3, 0.4) is 0 Å². The zero-order valence-electron chi connectivity index (χ0n) is 13.9. The Morgan fingerprint density at radius 1 is 1.25 bits per heavy atom. The monoisotopic (exact) mass is 326 g/mol. The number of nitrogens with zero attached hydrogens (tertiary/aromatic N) is 1. The van der Waals surface area contributed by atoms with E-state index in [1.165, 1.54) is 0 Å². The van der Waals surface area contributed by atoms with Gasteiger partial charge in [0.2, 0.25) is 0 Å². The lowest BCUT2D eigenvalue weighted by Gasteiger charge is -2.18. The van der Waals surface area contributed by atoms with E-state index in [-0.39, 0.29) is 17.8 Å². The van der Waals surface area contributed by atoms with Crippen LogP contribution in [0.2, 0.25) is 0 Å². The minimum absolute atomic E-state index is 0.0922. The van der Waals surface area contributed by atoms with Crippen molar-refractivity contribution in [3.05, 3.63) is 59.7 Å². The van der Waals surface area contributed by atoms with Crippen LogP contribution in [0, 0.1) is 0 Å². The van der Waals surface area contributed by atoms with Gasteiger partial charge in [-0.1, -0.05) is 30.3 Å². The lowest BCUT2D eigenvalue weighted by Crippen LogP contribution is -2.38. The number of urea groups is 1. The molecule has 1 fully saturated rings. The molecule has 5 nitrogen and oxygen atoms in total. The molecule has 2 amide bonds. The predicted molar refractivity (Wildman–Crippen MR) is 92.2 cm³/mol. The number of aromatic hydroxyl groups is 1. The van der Waals surface area contributed by atoms with Crippen LogP contribution < -0.4 is 10.1 Å². The molecule has 0 heterocycles. The molecule has 2 atom stereocenters. The van der Waals surface area contributed by atoms with Gasteiger partial charge >= 0.3 is 6.03 Å². The number of methoxy groups -OCH3 is 1. The summed E-state index contributed by atoms with van der Waals surface area (Å²) in [6.45, 7) is 0.498. The first-order valence-corrected chi connectivity index (χ1v) is 8.01. The summed E-state index contributed by atoms with van der Waals surface area (Å²) < 4.78 is 5.39. The van der Waals surface area contributed by atoms with E-state index >= 15 is 0 Å². The number of phenols is 1. The normalized spacial score (nSPS) is 18.8. The average Bonchev–Trinajstić information content (AvgIpc) is 3.35. The highest BCUT2D eigenvalue weighted by molar-refractivity contribution is 5.75. The Morgan fingerprint density at radius 3 is 2.67 bits per heavy atom. The number of para-hydroxylation sites is 1. The van der Waals surface area contributed by atoms with Gasteiger partial charge in [0.05, 0.1) is 7.11 Å². The van der Waals surface area contributed by atoms with Crippen molar-refractivity contribution in [2.24, 2.45) is 0 Å². The minimum Gasteiger partial charge on any atom is -0.508 e. The number of rotatable bonds is 5. The van der Waals surface area contributed by atoms with E-state index in [0.717, 1.165) is 23.3 Å². The minimum atomic E-state index is -0.0922.